The molecule has 2 aromatic rings. The van der Waals surface area contributed by atoms with Crippen LogP contribution in [0.1, 0.15) is 42.4 Å². The number of rotatable bonds is 7. The lowest BCUT2D eigenvalue weighted by Gasteiger charge is -2.38. The molecule has 1 unspecified atom stereocenters. The molecular weight excluding hydrogens is 479 g/mol. The number of carbonyl (C=O) groups excluding carboxylic acids is 1. The van der Waals surface area contributed by atoms with Crippen LogP contribution in [0, 0.1) is 6.92 Å². The van der Waals surface area contributed by atoms with Crippen LogP contribution in [0.25, 0.3) is 0 Å². The summed E-state index contributed by atoms with van der Waals surface area (Å²) in [6.45, 7) is 2.67. The zero-order valence-electron chi connectivity index (χ0n) is 19.5. The summed E-state index contributed by atoms with van der Waals surface area (Å²) < 4.78 is 67.7. The fourth-order valence-corrected chi connectivity index (χ4v) is 6.69. The highest BCUT2D eigenvalue weighted by Gasteiger charge is 2.44. The Morgan fingerprint density at radius 1 is 1.06 bits per heavy atom. The third-order valence-corrected chi connectivity index (χ3v) is 8.80. The first-order valence-electron chi connectivity index (χ1n) is 11.8. The molecule has 4 rings (SSSR count). The molecule has 190 valence electrons. The predicted octanol–water partition coefficient (Wildman–Crippen LogP) is 3.73. The molecule has 0 aromatic heterocycles. The van der Waals surface area contributed by atoms with E-state index in [0.29, 0.717) is 51.3 Å². The molecule has 0 bridgehead atoms. The molecule has 10 heteroatoms. The van der Waals surface area contributed by atoms with Gasteiger partial charge in [0.2, 0.25) is 15.9 Å². The van der Waals surface area contributed by atoms with Crippen molar-refractivity contribution in [3.05, 3.63) is 65.2 Å². The number of hydrogen-bond donors (Lipinski definition) is 1. The van der Waals surface area contributed by atoms with Crippen LogP contribution < -0.4 is 5.73 Å². The van der Waals surface area contributed by atoms with Gasteiger partial charge in [-0.1, -0.05) is 30.3 Å². The van der Waals surface area contributed by atoms with Crippen LogP contribution in [0.4, 0.5) is 13.2 Å². The van der Waals surface area contributed by atoms with Gasteiger partial charge in [-0.3, -0.25) is 4.79 Å². The van der Waals surface area contributed by atoms with Crippen molar-refractivity contribution in [1.82, 2.24) is 9.21 Å². The molecule has 1 aliphatic heterocycles. The highest BCUT2D eigenvalue weighted by atomic mass is 32.2. The van der Waals surface area contributed by atoms with Crippen molar-refractivity contribution in [2.45, 2.75) is 68.2 Å². The molecule has 1 saturated carbocycles. The first-order valence-corrected chi connectivity index (χ1v) is 13.2. The number of sulfonamides is 1. The number of carbonyl (C=O) groups is 1. The van der Waals surface area contributed by atoms with Crippen LogP contribution in [0.15, 0.2) is 53.4 Å². The second-order valence-corrected chi connectivity index (χ2v) is 11.2. The Labute approximate surface area is 203 Å². The molecule has 0 spiro atoms. The van der Waals surface area contributed by atoms with Gasteiger partial charge in [0, 0.05) is 25.2 Å². The molecule has 1 atom stereocenters. The maximum atomic E-state index is 13.4. The van der Waals surface area contributed by atoms with Crippen LogP contribution in [-0.4, -0.2) is 54.7 Å². The molecule has 1 amide bonds. The number of aryl methyl sites for hydroxylation is 1. The van der Waals surface area contributed by atoms with E-state index in [0.717, 1.165) is 23.3 Å². The fourth-order valence-electron chi connectivity index (χ4n) is 4.71. The van der Waals surface area contributed by atoms with Crippen LogP contribution in [0.2, 0.25) is 0 Å². The summed E-state index contributed by atoms with van der Waals surface area (Å²) in [6, 6.07) is 10.4. The van der Waals surface area contributed by atoms with E-state index in [1.165, 1.54) is 10.4 Å². The second-order valence-electron chi connectivity index (χ2n) is 9.39. The Bertz CT molecular complexity index is 1170. The molecule has 0 radical (unpaired) electrons. The number of alkyl halides is 3. The number of amides is 1. The van der Waals surface area contributed by atoms with Crippen LogP contribution in [0.3, 0.4) is 0 Å². The van der Waals surface area contributed by atoms with Gasteiger partial charge in [-0.25, -0.2) is 8.42 Å². The van der Waals surface area contributed by atoms with E-state index in [1.54, 1.807) is 4.90 Å². The lowest BCUT2D eigenvalue weighted by molar-refractivity contribution is -0.137. The summed E-state index contributed by atoms with van der Waals surface area (Å²) in [5.41, 5.74) is 7.29. The van der Waals surface area contributed by atoms with E-state index in [4.69, 9.17) is 5.73 Å². The average Bonchev–Trinajstić information content (AvgIpc) is 3.65. The standard InChI is InChI=1S/C25H30F3N3O3S/c1-17-5-2-3-6-18(17)15-23(29)24(32)30-13-11-21(12-14-30)31(20-9-10-20)35(33,34)22-8-4-7-19(16-22)25(26,27)28/h2-8,16,20-21,23H,9-15,29H2,1H3. The minimum Gasteiger partial charge on any atom is -0.341 e. The lowest BCUT2D eigenvalue weighted by atomic mass is 9.99. The zero-order valence-corrected chi connectivity index (χ0v) is 20.4. The Kier molecular flexibility index (Phi) is 7.26. The monoisotopic (exact) mass is 509 g/mol. The number of piperidine rings is 1. The third-order valence-electron chi connectivity index (χ3n) is 6.80. The highest BCUT2D eigenvalue weighted by molar-refractivity contribution is 7.89. The number of hydrogen-bond acceptors (Lipinski definition) is 4. The number of nitrogens with two attached hydrogens (primary N) is 1. The quantitative estimate of drug-likeness (QED) is 0.617. The molecule has 2 aliphatic rings. The number of halogens is 3. The van der Waals surface area contributed by atoms with E-state index >= 15 is 0 Å². The summed E-state index contributed by atoms with van der Waals surface area (Å²) in [7, 11) is -4.11. The van der Waals surface area contributed by atoms with Crippen molar-refractivity contribution < 1.29 is 26.4 Å². The van der Waals surface area contributed by atoms with Gasteiger partial charge in [-0.05, 0) is 68.4 Å². The SMILES string of the molecule is Cc1ccccc1CC(N)C(=O)N1CCC(N(C2CC2)S(=O)(=O)c2cccc(C(F)(F)F)c2)CC1. The number of likely N-dealkylation sites (tertiary alicyclic amines) is 1. The molecule has 2 N–H and O–H groups in total. The van der Waals surface area contributed by atoms with Gasteiger partial charge in [0.1, 0.15) is 0 Å². The third kappa shape index (κ3) is 5.70. The van der Waals surface area contributed by atoms with E-state index in [1.807, 2.05) is 31.2 Å². The lowest BCUT2D eigenvalue weighted by Crippen LogP contribution is -2.53. The first-order chi connectivity index (χ1) is 16.5. The molecule has 1 aliphatic carbocycles. The molecule has 1 saturated heterocycles. The minimum atomic E-state index is -4.63. The Morgan fingerprint density at radius 3 is 2.29 bits per heavy atom. The molecular formula is C25H30F3N3O3S. The van der Waals surface area contributed by atoms with Crippen molar-refractivity contribution in [2.24, 2.45) is 5.73 Å². The maximum Gasteiger partial charge on any atom is 0.416 e. The van der Waals surface area contributed by atoms with E-state index in [2.05, 4.69) is 0 Å². The normalized spacial score (nSPS) is 18.6. The Morgan fingerprint density at radius 2 is 1.69 bits per heavy atom. The Hall–Kier alpha value is -2.43. The maximum absolute atomic E-state index is 13.4. The number of benzene rings is 2. The van der Waals surface area contributed by atoms with Gasteiger partial charge in [0.15, 0.2) is 0 Å². The zero-order chi connectivity index (χ0) is 25.4. The Balaban J connectivity index is 1.44. The van der Waals surface area contributed by atoms with Gasteiger partial charge < -0.3 is 10.6 Å². The van der Waals surface area contributed by atoms with Gasteiger partial charge >= 0.3 is 6.18 Å². The molecule has 6 nitrogen and oxygen atoms in total. The number of nitrogens with zero attached hydrogens (tertiary/aromatic N) is 2. The molecule has 1 heterocycles. The first kappa shape index (κ1) is 25.7. The summed E-state index contributed by atoms with van der Waals surface area (Å²) in [5.74, 6) is -0.176. The van der Waals surface area contributed by atoms with Crippen molar-refractivity contribution in [3.63, 3.8) is 0 Å². The smallest absolute Gasteiger partial charge is 0.341 e. The van der Waals surface area contributed by atoms with E-state index in [-0.39, 0.29) is 22.9 Å². The van der Waals surface area contributed by atoms with Crippen LogP contribution in [-0.2, 0) is 27.4 Å². The van der Waals surface area contributed by atoms with Crippen molar-refractivity contribution in [2.75, 3.05) is 13.1 Å². The largest absolute Gasteiger partial charge is 0.416 e. The highest BCUT2D eigenvalue weighted by Crippen LogP contribution is 2.38. The summed E-state index contributed by atoms with van der Waals surface area (Å²) in [4.78, 5) is 14.3. The topological polar surface area (TPSA) is 83.7 Å². The van der Waals surface area contributed by atoms with Crippen molar-refractivity contribution in [1.29, 1.82) is 0 Å². The van der Waals surface area contributed by atoms with Crippen molar-refractivity contribution >= 4 is 15.9 Å². The predicted molar refractivity (Wildman–Crippen MR) is 126 cm³/mol. The second kappa shape index (κ2) is 9.91. The fraction of sp³-hybridized carbons (Fsp3) is 0.480. The van der Waals surface area contributed by atoms with Gasteiger partial charge in [-0.2, -0.15) is 17.5 Å². The van der Waals surface area contributed by atoms with Crippen LogP contribution >= 0.6 is 0 Å². The summed E-state index contributed by atoms with van der Waals surface area (Å²) in [5, 5.41) is 0. The van der Waals surface area contributed by atoms with Gasteiger partial charge in [0.25, 0.3) is 0 Å². The molecule has 2 aromatic carbocycles. The van der Waals surface area contributed by atoms with Gasteiger partial charge in [-0.15, -0.1) is 0 Å². The molecule has 35 heavy (non-hydrogen) atoms. The summed E-state index contributed by atoms with van der Waals surface area (Å²) in [6.07, 6.45) is -2.02. The minimum absolute atomic E-state index is 0.176. The van der Waals surface area contributed by atoms with Crippen molar-refractivity contribution in [3.8, 4) is 0 Å². The van der Waals surface area contributed by atoms with E-state index in [9.17, 15) is 26.4 Å². The van der Waals surface area contributed by atoms with Gasteiger partial charge in [0.05, 0.1) is 16.5 Å². The molecule has 2 fully saturated rings. The van der Waals surface area contributed by atoms with E-state index < -0.39 is 27.8 Å². The summed E-state index contributed by atoms with van der Waals surface area (Å²) >= 11 is 0. The van der Waals surface area contributed by atoms with Crippen LogP contribution in [0.5, 0.6) is 0 Å². The average molecular weight is 510 g/mol.